The van der Waals surface area contributed by atoms with Gasteiger partial charge in [-0.05, 0) is 80.0 Å². The molecule has 6 nitrogen and oxygen atoms in total. The van der Waals surface area contributed by atoms with Crippen LogP contribution in [-0.4, -0.2) is 30.6 Å². The summed E-state index contributed by atoms with van der Waals surface area (Å²) in [5.41, 5.74) is 5.23. The minimum Gasteiger partial charge on any atom is -0.497 e. The maximum absolute atomic E-state index is 14.0. The van der Waals surface area contributed by atoms with Gasteiger partial charge in [0.25, 0.3) is 5.91 Å². The van der Waals surface area contributed by atoms with Gasteiger partial charge in [-0.25, -0.2) is 9.78 Å². The highest BCUT2D eigenvalue weighted by Gasteiger charge is 2.30. The van der Waals surface area contributed by atoms with Crippen molar-refractivity contribution in [3.05, 3.63) is 75.7 Å². The van der Waals surface area contributed by atoms with Crippen LogP contribution in [0.25, 0.3) is 22.2 Å². The number of benzene rings is 2. The molecule has 1 atom stereocenters. The molecule has 0 saturated heterocycles. The molecular formula is C31H32N2O4S. The number of carbonyl (C=O) groups excluding carboxylic acids is 2. The number of nitrogens with one attached hydrogen (secondary N) is 1. The summed E-state index contributed by atoms with van der Waals surface area (Å²) in [6, 6.07) is 15.3. The van der Waals surface area contributed by atoms with Crippen LogP contribution in [0.4, 0.5) is 5.00 Å². The van der Waals surface area contributed by atoms with E-state index in [-0.39, 0.29) is 11.9 Å². The van der Waals surface area contributed by atoms with E-state index in [0.29, 0.717) is 28.7 Å². The average Bonchev–Trinajstić information content (AvgIpc) is 3.28. The lowest BCUT2D eigenvalue weighted by atomic mass is 9.88. The van der Waals surface area contributed by atoms with Crippen molar-refractivity contribution in [1.82, 2.24) is 4.98 Å². The van der Waals surface area contributed by atoms with Crippen LogP contribution in [0.2, 0.25) is 0 Å². The van der Waals surface area contributed by atoms with Gasteiger partial charge in [-0.15, -0.1) is 11.3 Å². The number of pyridine rings is 1. The number of aromatic nitrogens is 1. The van der Waals surface area contributed by atoms with Gasteiger partial charge in [0.15, 0.2) is 0 Å². The van der Waals surface area contributed by atoms with Crippen molar-refractivity contribution in [3.63, 3.8) is 0 Å². The van der Waals surface area contributed by atoms with E-state index in [9.17, 15) is 9.59 Å². The lowest BCUT2D eigenvalue weighted by Gasteiger charge is -2.18. The third-order valence-corrected chi connectivity index (χ3v) is 8.28. The van der Waals surface area contributed by atoms with Gasteiger partial charge in [0, 0.05) is 15.8 Å². The summed E-state index contributed by atoms with van der Waals surface area (Å²) in [5.74, 6) is 0.683. The Bertz CT molecular complexity index is 1510. The highest BCUT2D eigenvalue weighted by Crippen LogP contribution is 2.41. The van der Waals surface area contributed by atoms with E-state index < -0.39 is 0 Å². The third kappa shape index (κ3) is 4.90. The minimum absolute atomic E-state index is 0.257. The van der Waals surface area contributed by atoms with E-state index >= 15 is 0 Å². The number of hydrogen-bond acceptors (Lipinski definition) is 6. The first-order valence-electron chi connectivity index (χ1n) is 13.1. The van der Waals surface area contributed by atoms with Crippen LogP contribution in [0.5, 0.6) is 5.75 Å². The summed E-state index contributed by atoms with van der Waals surface area (Å²) in [4.78, 5) is 33.2. The predicted molar refractivity (Wildman–Crippen MR) is 153 cm³/mol. The van der Waals surface area contributed by atoms with Gasteiger partial charge in [-0.1, -0.05) is 32.0 Å². The number of para-hydroxylation sites is 1. The molecule has 0 fully saturated rings. The van der Waals surface area contributed by atoms with Gasteiger partial charge in [0.2, 0.25) is 0 Å². The van der Waals surface area contributed by atoms with Crippen molar-refractivity contribution in [2.75, 3.05) is 19.0 Å². The molecule has 2 aromatic carbocycles. The Hall–Kier alpha value is -3.71. The van der Waals surface area contributed by atoms with E-state index in [0.717, 1.165) is 69.6 Å². The van der Waals surface area contributed by atoms with Crippen molar-refractivity contribution in [1.29, 1.82) is 0 Å². The fraction of sp³-hybridized carbons (Fsp3) is 0.323. The van der Waals surface area contributed by atoms with E-state index in [2.05, 4.69) is 12.2 Å². The normalized spacial score (nSPS) is 14.7. The minimum atomic E-state index is -0.357. The quantitative estimate of drug-likeness (QED) is 0.256. The van der Waals surface area contributed by atoms with Gasteiger partial charge in [-0.3, -0.25) is 4.79 Å². The zero-order chi connectivity index (χ0) is 26.8. The fourth-order valence-electron chi connectivity index (χ4n) is 5.12. The molecule has 2 heterocycles. The maximum atomic E-state index is 14.0. The Kier molecular flexibility index (Phi) is 7.47. The van der Waals surface area contributed by atoms with Gasteiger partial charge in [0.1, 0.15) is 10.8 Å². The Morgan fingerprint density at radius 3 is 2.61 bits per heavy atom. The van der Waals surface area contributed by atoms with Gasteiger partial charge in [0.05, 0.1) is 36.1 Å². The topological polar surface area (TPSA) is 77.5 Å². The number of fused-ring (bicyclic) bond motifs is 2. The van der Waals surface area contributed by atoms with Crippen LogP contribution < -0.4 is 10.1 Å². The molecule has 38 heavy (non-hydrogen) atoms. The summed E-state index contributed by atoms with van der Waals surface area (Å²) in [5, 5.41) is 4.46. The molecule has 1 N–H and O–H groups in total. The number of nitrogens with zero attached hydrogens (tertiary/aromatic N) is 1. The monoisotopic (exact) mass is 528 g/mol. The molecule has 5 rings (SSSR count). The lowest BCUT2D eigenvalue weighted by Crippen LogP contribution is -2.18. The van der Waals surface area contributed by atoms with Crippen LogP contribution in [-0.2, 0) is 17.6 Å². The zero-order valence-corrected chi connectivity index (χ0v) is 23.0. The number of anilines is 1. The Balaban J connectivity index is 1.59. The standard InChI is InChI=1S/C31H32N2O4S/c1-5-16-37-31(35)27-23-15-10-18(2)17-25(23)38-30(27)33-29(34)26-19(3)28(20-11-13-21(36-4)14-12-20)32-24-9-7-6-8-22(24)26/h6-9,11-14,18H,5,10,15-17H2,1-4H3,(H,33,34). The number of rotatable bonds is 7. The lowest BCUT2D eigenvalue weighted by molar-refractivity contribution is 0.0505. The first kappa shape index (κ1) is 25.9. The van der Waals surface area contributed by atoms with Crippen LogP contribution in [0.15, 0.2) is 48.5 Å². The second kappa shape index (κ2) is 11.0. The number of amides is 1. The van der Waals surface area contributed by atoms with Crippen LogP contribution in [0.3, 0.4) is 0 Å². The molecule has 1 amide bonds. The van der Waals surface area contributed by atoms with Crippen molar-refractivity contribution in [3.8, 4) is 17.0 Å². The fourth-order valence-corrected chi connectivity index (χ4v) is 6.51. The van der Waals surface area contributed by atoms with Crippen LogP contribution >= 0.6 is 11.3 Å². The first-order chi connectivity index (χ1) is 18.4. The zero-order valence-electron chi connectivity index (χ0n) is 22.2. The van der Waals surface area contributed by atoms with Crippen molar-refractivity contribution in [2.24, 2.45) is 5.92 Å². The van der Waals surface area contributed by atoms with Gasteiger partial charge < -0.3 is 14.8 Å². The van der Waals surface area contributed by atoms with Crippen molar-refractivity contribution >= 4 is 39.1 Å². The van der Waals surface area contributed by atoms with E-state index in [1.54, 1.807) is 7.11 Å². The molecule has 7 heteroatoms. The molecule has 1 unspecified atom stereocenters. The molecule has 0 bridgehead atoms. The van der Waals surface area contributed by atoms with Crippen molar-refractivity contribution < 1.29 is 19.1 Å². The second-order valence-electron chi connectivity index (χ2n) is 9.85. The Labute approximate surface area is 227 Å². The van der Waals surface area contributed by atoms with Gasteiger partial charge >= 0.3 is 5.97 Å². The number of hydrogen-bond donors (Lipinski definition) is 1. The van der Waals surface area contributed by atoms with E-state index in [1.807, 2.05) is 62.4 Å². The molecule has 2 aromatic heterocycles. The average molecular weight is 529 g/mol. The summed E-state index contributed by atoms with van der Waals surface area (Å²) < 4.78 is 10.9. The smallest absolute Gasteiger partial charge is 0.341 e. The van der Waals surface area contributed by atoms with E-state index in [4.69, 9.17) is 14.5 Å². The summed E-state index contributed by atoms with van der Waals surface area (Å²) >= 11 is 1.50. The molecule has 1 aliphatic rings. The SMILES string of the molecule is CCCOC(=O)c1c(NC(=O)c2c(C)c(-c3ccc(OC)cc3)nc3ccccc23)sc2c1CCC(C)C2. The Morgan fingerprint density at radius 2 is 1.87 bits per heavy atom. The summed E-state index contributed by atoms with van der Waals surface area (Å²) in [6.45, 7) is 6.47. The molecule has 1 aliphatic carbocycles. The van der Waals surface area contributed by atoms with E-state index in [1.165, 1.54) is 11.3 Å². The number of carbonyl (C=O) groups is 2. The van der Waals surface area contributed by atoms with Gasteiger partial charge in [-0.2, -0.15) is 0 Å². The number of ether oxygens (including phenoxy) is 2. The summed E-state index contributed by atoms with van der Waals surface area (Å²) in [6.07, 6.45) is 3.48. The van der Waals surface area contributed by atoms with Crippen LogP contribution in [0.1, 0.15) is 63.4 Å². The largest absolute Gasteiger partial charge is 0.497 e. The highest BCUT2D eigenvalue weighted by molar-refractivity contribution is 7.17. The highest BCUT2D eigenvalue weighted by atomic mass is 32.1. The summed E-state index contributed by atoms with van der Waals surface area (Å²) in [7, 11) is 1.63. The predicted octanol–water partition coefficient (Wildman–Crippen LogP) is 7.22. The number of esters is 1. The Morgan fingerprint density at radius 1 is 1.11 bits per heavy atom. The molecular weight excluding hydrogens is 496 g/mol. The van der Waals surface area contributed by atoms with Crippen LogP contribution in [0, 0.1) is 12.8 Å². The molecule has 0 radical (unpaired) electrons. The number of thiophene rings is 1. The maximum Gasteiger partial charge on any atom is 0.341 e. The molecule has 196 valence electrons. The second-order valence-corrected chi connectivity index (χ2v) is 11.0. The molecule has 4 aromatic rings. The first-order valence-corrected chi connectivity index (χ1v) is 13.9. The third-order valence-electron chi connectivity index (χ3n) is 7.11. The molecule has 0 spiro atoms. The number of methoxy groups -OCH3 is 1. The molecule has 0 saturated carbocycles. The van der Waals surface area contributed by atoms with Crippen molar-refractivity contribution in [2.45, 2.75) is 46.5 Å². The molecule has 0 aliphatic heterocycles.